The Balaban J connectivity index is 2.76. The number of azide groups is 1. The number of aryl methyl sites for hydroxylation is 1. The summed E-state index contributed by atoms with van der Waals surface area (Å²) in [6.45, 7) is 2.04. The molecule has 1 rings (SSSR count). The third kappa shape index (κ3) is 2.88. The van der Waals surface area contributed by atoms with E-state index in [0.717, 1.165) is 11.8 Å². The highest BCUT2D eigenvalue weighted by Gasteiger charge is 1.96. The second-order valence-electron chi connectivity index (χ2n) is 2.67. The molecule has 4 nitrogen and oxygen atoms in total. The van der Waals surface area contributed by atoms with Gasteiger partial charge >= 0.3 is 0 Å². The summed E-state index contributed by atoms with van der Waals surface area (Å²) in [7, 11) is 0. The summed E-state index contributed by atoms with van der Waals surface area (Å²) in [4.78, 5) is 6.48. The van der Waals surface area contributed by atoms with E-state index < -0.39 is 0 Å². The number of pyridine rings is 1. The number of hydrogen-bond acceptors (Lipinski definition) is 2. The topological polar surface area (TPSA) is 61.7 Å². The molecule has 0 bridgehead atoms. The molecule has 0 aliphatic carbocycles. The lowest BCUT2D eigenvalue weighted by Crippen LogP contribution is -1.88. The van der Waals surface area contributed by atoms with Gasteiger partial charge in [0, 0.05) is 11.5 Å². The normalized spacial score (nSPS) is 10.1. The fraction of sp³-hybridized carbons (Fsp3) is 0.222. The van der Waals surface area contributed by atoms with Crippen LogP contribution in [0.4, 0.5) is 4.39 Å². The van der Waals surface area contributed by atoms with Crippen molar-refractivity contribution in [2.75, 3.05) is 6.54 Å². The molecule has 0 unspecified atom stereocenters. The van der Waals surface area contributed by atoms with Gasteiger partial charge in [-0.2, -0.15) is 0 Å². The number of halogens is 1. The van der Waals surface area contributed by atoms with Crippen LogP contribution in [0.1, 0.15) is 11.3 Å². The third-order valence-electron chi connectivity index (χ3n) is 1.61. The van der Waals surface area contributed by atoms with Crippen molar-refractivity contribution >= 4 is 6.08 Å². The summed E-state index contributed by atoms with van der Waals surface area (Å²) >= 11 is 0. The van der Waals surface area contributed by atoms with E-state index in [9.17, 15) is 4.39 Å². The van der Waals surface area contributed by atoms with E-state index in [1.54, 1.807) is 19.1 Å². The second-order valence-corrected chi connectivity index (χ2v) is 2.67. The first-order valence-corrected chi connectivity index (χ1v) is 4.03. The Bertz CT molecular complexity index is 394. The molecule has 0 saturated heterocycles. The highest BCUT2D eigenvalue weighted by atomic mass is 19.1. The van der Waals surface area contributed by atoms with E-state index in [4.69, 9.17) is 5.53 Å². The molecule has 0 amide bonds. The minimum absolute atomic E-state index is 0.273. The van der Waals surface area contributed by atoms with E-state index in [2.05, 4.69) is 15.0 Å². The van der Waals surface area contributed by atoms with E-state index in [1.165, 1.54) is 6.07 Å². The number of nitrogens with zero attached hydrogens (tertiary/aromatic N) is 4. The number of rotatable bonds is 3. The number of aromatic nitrogens is 1. The van der Waals surface area contributed by atoms with Gasteiger partial charge in [-0.05, 0) is 30.2 Å². The minimum atomic E-state index is -0.352. The lowest BCUT2D eigenvalue weighted by molar-refractivity contribution is 0.619. The molecular weight excluding hydrogens is 183 g/mol. The van der Waals surface area contributed by atoms with Crippen LogP contribution in [0.15, 0.2) is 23.5 Å². The zero-order chi connectivity index (χ0) is 10.4. The maximum absolute atomic E-state index is 12.6. The Morgan fingerprint density at radius 1 is 1.71 bits per heavy atom. The Kier molecular flexibility index (Phi) is 3.64. The molecule has 0 fully saturated rings. The quantitative estimate of drug-likeness (QED) is 0.412. The Morgan fingerprint density at radius 2 is 2.50 bits per heavy atom. The predicted molar refractivity (Wildman–Crippen MR) is 52.0 cm³/mol. The fourth-order valence-electron chi connectivity index (χ4n) is 0.974. The highest BCUT2D eigenvalue weighted by molar-refractivity contribution is 5.48. The van der Waals surface area contributed by atoms with E-state index in [1.807, 2.05) is 0 Å². The zero-order valence-electron chi connectivity index (χ0n) is 7.68. The van der Waals surface area contributed by atoms with Crippen LogP contribution < -0.4 is 0 Å². The van der Waals surface area contributed by atoms with Crippen molar-refractivity contribution < 1.29 is 4.39 Å². The van der Waals surface area contributed by atoms with Gasteiger partial charge in [0.2, 0.25) is 0 Å². The first-order chi connectivity index (χ1) is 6.74. The van der Waals surface area contributed by atoms with Crippen LogP contribution in [0.2, 0.25) is 0 Å². The molecule has 0 spiro atoms. The van der Waals surface area contributed by atoms with Crippen LogP contribution in [-0.2, 0) is 0 Å². The van der Waals surface area contributed by atoms with Crippen molar-refractivity contribution in [2.24, 2.45) is 5.11 Å². The first-order valence-electron chi connectivity index (χ1n) is 4.03. The van der Waals surface area contributed by atoms with E-state index in [-0.39, 0.29) is 12.4 Å². The molecule has 0 aromatic carbocycles. The van der Waals surface area contributed by atoms with Crippen LogP contribution in [-0.4, -0.2) is 11.5 Å². The van der Waals surface area contributed by atoms with Gasteiger partial charge in [-0.1, -0.05) is 11.2 Å². The van der Waals surface area contributed by atoms with Crippen LogP contribution in [0.25, 0.3) is 16.5 Å². The molecule has 1 aromatic rings. The maximum Gasteiger partial charge on any atom is 0.141 e. The van der Waals surface area contributed by atoms with Gasteiger partial charge < -0.3 is 0 Å². The largest absolute Gasteiger partial charge is 0.254 e. The molecule has 5 heteroatoms. The molecule has 72 valence electrons. The Labute approximate surface area is 80.7 Å². The summed E-state index contributed by atoms with van der Waals surface area (Å²) in [6, 6.07) is 1.40. The van der Waals surface area contributed by atoms with Gasteiger partial charge in [0.25, 0.3) is 0 Å². The average Bonchev–Trinajstić information content (AvgIpc) is 2.15. The minimum Gasteiger partial charge on any atom is -0.254 e. The second kappa shape index (κ2) is 4.99. The van der Waals surface area contributed by atoms with Crippen molar-refractivity contribution in [1.29, 1.82) is 0 Å². The Morgan fingerprint density at radius 3 is 3.14 bits per heavy atom. The smallest absolute Gasteiger partial charge is 0.141 e. The van der Waals surface area contributed by atoms with Crippen molar-refractivity contribution in [3.05, 3.63) is 45.9 Å². The van der Waals surface area contributed by atoms with Crippen molar-refractivity contribution in [3.8, 4) is 0 Å². The first kappa shape index (κ1) is 10.2. The van der Waals surface area contributed by atoms with Crippen molar-refractivity contribution in [2.45, 2.75) is 6.92 Å². The molecule has 0 atom stereocenters. The molecule has 1 aromatic heterocycles. The molecule has 0 radical (unpaired) electrons. The zero-order valence-corrected chi connectivity index (χ0v) is 7.68. The monoisotopic (exact) mass is 192 g/mol. The summed E-state index contributed by atoms with van der Waals surface area (Å²) in [6.07, 6.45) is 4.52. The average molecular weight is 192 g/mol. The summed E-state index contributed by atoms with van der Waals surface area (Å²) in [5, 5.41) is 3.33. The molecule has 0 aliphatic heterocycles. The van der Waals surface area contributed by atoms with E-state index in [0.29, 0.717) is 5.69 Å². The van der Waals surface area contributed by atoms with Gasteiger partial charge in [0.15, 0.2) is 0 Å². The van der Waals surface area contributed by atoms with Crippen LogP contribution in [0.5, 0.6) is 0 Å². The number of hydrogen-bond donors (Lipinski definition) is 0. The summed E-state index contributed by atoms with van der Waals surface area (Å²) < 4.78 is 12.6. The summed E-state index contributed by atoms with van der Waals surface area (Å²) in [5.41, 5.74) is 9.45. The maximum atomic E-state index is 12.6. The fourth-order valence-corrected chi connectivity index (χ4v) is 0.974. The highest BCUT2D eigenvalue weighted by Crippen LogP contribution is 2.07. The molecule has 1 heterocycles. The molecule has 14 heavy (non-hydrogen) atoms. The molecule has 0 aliphatic rings. The lowest BCUT2D eigenvalue weighted by Gasteiger charge is -1.97. The van der Waals surface area contributed by atoms with Crippen molar-refractivity contribution in [1.82, 2.24) is 4.98 Å². The van der Waals surface area contributed by atoms with Gasteiger partial charge in [0.1, 0.15) is 5.82 Å². The lowest BCUT2D eigenvalue weighted by atomic mass is 10.2. The third-order valence-corrected chi connectivity index (χ3v) is 1.61. The predicted octanol–water partition coefficient (Wildman–Crippen LogP) is 2.85. The molecular formula is C9H9FN4. The van der Waals surface area contributed by atoms with Gasteiger partial charge in [-0.3, -0.25) is 4.98 Å². The SMILES string of the molecule is Cc1cc(F)cnc1C=CCN=[N+]=[N-]. The van der Waals surface area contributed by atoms with Crippen LogP contribution >= 0.6 is 0 Å². The van der Waals surface area contributed by atoms with Crippen LogP contribution in [0, 0.1) is 12.7 Å². The Hall–Kier alpha value is -1.87. The van der Waals surface area contributed by atoms with Gasteiger partial charge in [-0.25, -0.2) is 4.39 Å². The molecule has 0 N–H and O–H groups in total. The van der Waals surface area contributed by atoms with Crippen molar-refractivity contribution in [3.63, 3.8) is 0 Å². The summed E-state index contributed by atoms with van der Waals surface area (Å²) in [5.74, 6) is -0.352. The standard InChI is InChI=1S/C9H9FN4/c1-7-5-8(10)6-12-9(7)3-2-4-13-14-11/h2-3,5-6H,4H2,1H3. The molecule has 0 saturated carbocycles. The van der Waals surface area contributed by atoms with Crippen LogP contribution in [0.3, 0.4) is 0 Å². The van der Waals surface area contributed by atoms with Gasteiger partial charge in [0.05, 0.1) is 11.9 Å². The van der Waals surface area contributed by atoms with Gasteiger partial charge in [-0.15, -0.1) is 0 Å². The van der Waals surface area contributed by atoms with E-state index >= 15 is 0 Å².